The highest BCUT2D eigenvalue weighted by Crippen LogP contribution is 2.23. The second-order valence-electron chi connectivity index (χ2n) is 5.52. The molecule has 0 aliphatic heterocycles. The normalized spacial score (nSPS) is 12.1. The van der Waals surface area contributed by atoms with E-state index in [0.29, 0.717) is 17.1 Å². The van der Waals surface area contributed by atoms with Gasteiger partial charge in [0.1, 0.15) is 5.75 Å². The van der Waals surface area contributed by atoms with E-state index in [1.54, 1.807) is 43.3 Å². The molecule has 0 saturated carbocycles. The van der Waals surface area contributed by atoms with Crippen LogP contribution in [0.2, 0.25) is 0 Å². The molecule has 2 amide bonds. The number of ether oxygens (including phenoxy) is 1. The molecule has 0 bridgehead atoms. The summed E-state index contributed by atoms with van der Waals surface area (Å²) in [5.74, 6) is 0.560. The molecule has 0 aliphatic rings. The van der Waals surface area contributed by atoms with E-state index in [-0.39, 0.29) is 6.04 Å². The minimum absolute atomic E-state index is 0.323. The van der Waals surface area contributed by atoms with Gasteiger partial charge in [0.2, 0.25) is 10.0 Å². The van der Waals surface area contributed by atoms with Crippen molar-refractivity contribution in [2.24, 2.45) is 0 Å². The predicted molar refractivity (Wildman–Crippen MR) is 98.5 cm³/mol. The fraction of sp³-hybridized carbons (Fsp3) is 0.235. The van der Waals surface area contributed by atoms with Crippen LogP contribution in [0, 0.1) is 0 Å². The Bertz CT molecular complexity index is 852. The highest BCUT2D eigenvalue weighted by molar-refractivity contribution is 7.92. The number of carbonyl (C=O) groups is 1. The van der Waals surface area contributed by atoms with Crippen LogP contribution in [0.3, 0.4) is 0 Å². The third-order valence-corrected chi connectivity index (χ3v) is 4.00. The van der Waals surface area contributed by atoms with Crippen LogP contribution in [0.25, 0.3) is 0 Å². The number of urea groups is 1. The van der Waals surface area contributed by atoms with E-state index < -0.39 is 16.1 Å². The maximum atomic E-state index is 12.2. The number of sulfonamides is 1. The smallest absolute Gasteiger partial charge is 0.319 e. The van der Waals surface area contributed by atoms with Crippen LogP contribution in [0.4, 0.5) is 16.2 Å². The minimum atomic E-state index is -3.35. The van der Waals surface area contributed by atoms with E-state index in [4.69, 9.17) is 4.74 Å². The zero-order valence-electron chi connectivity index (χ0n) is 14.2. The molecule has 1 atom stereocenters. The molecule has 0 heterocycles. The summed E-state index contributed by atoms with van der Waals surface area (Å²) in [6.07, 6.45) is 1.09. The number of hydrogen-bond acceptors (Lipinski definition) is 4. The number of carbonyl (C=O) groups excluding carboxylic acids is 1. The van der Waals surface area contributed by atoms with E-state index >= 15 is 0 Å². The zero-order chi connectivity index (χ0) is 18.4. The Morgan fingerprint density at radius 2 is 1.84 bits per heavy atom. The van der Waals surface area contributed by atoms with Crippen LogP contribution < -0.4 is 20.1 Å². The molecule has 0 spiro atoms. The molecular weight excluding hydrogens is 342 g/mol. The Labute approximate surface area is 147 Å². The molecule has 7 nitrogen and oxygen atoms in total. The molecule has 2 rings (SSSR count). The summed E-state index contributed by atoms with van der Waals surface area (Å²) in [7, 11) is -1.83. The van der Waals surface area contributed by atoms with Crippen LogP contribution >= 0.6 is 0 Å². The maximum Gasteiger partial charge on any atom is 0.319 e. The second-order valence-corrected chi connectivity index (χ2v) is 7.27. The van der Waals surface area contributed by atoms with Gasteiger partial charge < -0.3 is 15.4 Å². The molecule has 1 unspecified atom stereocenters. The van der Waals surface area contributed by atoms with Crippen molar-refractivity contribution in [3.63, 3.8) is 0 Å². The summed E-state index contributed by atoms with van der Waals surface area (Å²) in [4.78, 5) is 12.2. The lowest BCUT2D eigenvalue weighted by atomic mass is 10.1. The lowest BCUT2D eigenvalue weighted by Crippen LogP contribution is -2.31. The van der Waals surface area contributed by atoms with Gasteiger partial charge in [-0.25, -0.2) is 13.2 Å². The molecule has 8 heteroatoms. The van der Waals surface area contributed by atoms with E-state index in [9.17, 15) is 13.2 Å². The molecule has 25 heavy (non-hydrogen) atoms. The van der Waals surface area contributed by atoms with Gasteiger partial charge in [0.15, 0.2) is 0 Å². The van der Waals surface area contributed by atoms with Crippen molar-refractivity contribution >= 4 is 27.4 Å². The standard InChI is InChI=1S/C17H21N3O4S/c1-12(13-7-6-8-14(11-13)20-25(3,22)23)18-17(21)19-15-9-4-5-10-16(15)24-2/h4-12,20H,1-3H3,(H2,18,19,21). The van der Waals surface area contributed by atoms with Crippen molar-refractivity contribution < 1.29 is 17.9 Å². The molecule has 3 N–H and O–H groups in total. The molecule has 0 aromatic heterocycles. The van der Waals surface area contributed by atoms with E-state index in [2.05, 4.69) is 15.4 Å². The number of anilines is 2. The Balaban J connectivity index is 2.05. The van der Waals surface area contributed by atoms with E-state index in [1.165, 1.54) is 7.11 Å². The topological polar surface area (TPSA) is 96.5 Å². The minimum Gasteiger partial charge on any atom is -0.495 e. The molecule has 2 aromatic carbocycles. The fourth-order valence-electron chi connectivity index (χ4n) is 2.27. The number of amides is 2. The summed E-state index contributed by atoms with van der Waals surface area (Å²) in [6, 6.07) is 13.2. The summed E-state index contributed by atoms with van der Waals surface area (Å²) < 4.78 is 30.2. The quantitative estimate of drug-likeness (QED) is 0.735. The number of nitrogens with one attached hydrogen (secondary N) is 3. The van der Waals surface area contributed by atoms with Crippen LogP contribution in [0.5, 0.6) is 5.75 Å². The SMILES string of the molecule is COc1ccccc1NC(=O)NC(C)c1cccc(NS(C)(=O)=O)c1. The van der Waals surface area contributed by atoms with Crippen LogP contribution in [0.1, 0.15) is 18.5 Å². The van der Waals surface area contributed by atoms with Gasteiger partial charge in [-0.2, -0.15) is 0 Å². The third-order valence-electron chi connectivity index (χ3n) is 3.39. The molecule has 0 aliphatic carbocycles. The maximum absolute atomic E-state index is 12.2. The molecule has 134 valence electrons. The van der Waals surface area contributed by atoms with Crippen molar-refractivity contribution in [2.75, 3.05) is 23.4 Å². The number of rotatable bonds is 6. The van der Waals surface area contributed by atoms with Crippen molar-refractivity contribution in [2.45, 2.75) is 13.0 Å². The lowest BCUT2D eigenvalue weighted by Gasteiger charge is -2.17. The summed E-state index contributed by atoms with van der Waals surface area (Å²) >= 11 is 0. The highest BCUT2D eigenvalue weighted by atomic mass is 32.2. The van der Waals surface area contributed by atoms with Gasteiger partial charge in [-0.05, 0) is 36.8 Å². The van der Waals surface area contributed by atoms with Gasteiger partial charge in [-0.1, -0.05) is 24.3 Å². The van der Waals surface area contributed by atoms with E-state index in [1.807, 2.05) is 12.1 Å². The Hall–Kier alpha value is -2.74. The summed E-state index contributed by atoms with van der Waals surface area (Å²) in [5, 5.41) is 5.53. The van der Waals surface area contributed by atoms with Gasteiger partial charge in [0.05, 0.1) is 25.1 Å². The number of hydrogen-bond donors (Lipinski definition) is 3. The Kier molecular flexibility index (Phi) is 5.87. The first-order valence-electron chi connectivity index (χ1n) is 7.57. The Morgan fingerprint density at radius 3 is 2.52 bits per heavy atom. The highest BCUT2D eigenvalue weighted by Gasteiger charge is 2.12. The number of benzene rings is 2. The molecule has 0 fully saturated rings. The molecular formula is C17H21N3O4S. The van der Waals surface area contributed by atoms with Crippen LogP contribution in [-0.4, -0.2) is 27.8 Å². The average Bonchev–Trinajstić information content (AvgIpc) is 2.54. The second kappa shape index (κ2) is 7.89. The lowest BCUT2D eigenvalue weighted by molar-refractivity contribution is 0.249. The van der Waals surface area contributed by atoms with Crippen molar-refractivity contribution in [3.8, 4) is 5.75 Å². The first-order chi connectivity index (χ1) is 11.8. The van der Waals surface area contributed by atoms with Gasteiger partial charge in [0.25, 0.3) is 0 Å². The van der Waals surface area contributed by atoms with Gasteiger partial charge in [-0.15, -0.1) is 0 Å². The monoisotopic (exact) mass is 363 g/mol. The van der Waals surface area contributed by atoms with Crippen molar-refractivity contribution in [3.05, 3.63) is 54.1 Å². The van der Waals surface area contributed by atoms with Crippen LogP contribution in [0.15, 0.2) is 48.5 Å². The molecule has 2 aromatic rings. The Morgan fingerprint density at radius 1 is 1.12 bits per heavy atom. The van der Waals surface area contributed by atoms with Crippen LogP contribution in [-0.2, 0) is 10.0 Å². The van der Waals surface area contributed by atoms with Crippen molar-refractivity contribution in [1.82, 2.24) is 5.32 Å². The first-order valence-corrected chi connectivity index (χ1v) is 9.46. The zero-order valence-corrected chi connectivity index (χ0v) is 15.1. The van der Waals surface area contributed by atoms with Crippen molar-refractivity contribution in [1.29, 1.82) is 0 Å². The number of para-hydroxylation sites is 2. The predicted octanol–water partition coefficient (Wildman–Crippen LogP) is 2.95. The van der Waals surface area contributed by atoms with Gasteiger partial charge in [0, 0.05) is 5.69 Å². The fourth-order valence-corrected chi connectivity index (χ4v) is 2.83. The number of methoxy groups -OCH3 is 1. The summed E-state index contributed by atoms with van der Waals surface area (Å²) in [6.45, 7) is 1.81. The van der Waals surface area contributed by atoms with E-state index in [0.717, 1.165) is 11.8 Å². The first kappa shape index (κ1) is 18.6. The van der Waals surface area contributed by atoms with Gasteiger partial charge >= 0.3 is 6.03 Å². The molecule has 0 radical (unpaired) electrons. The van der Waals surface area contributed by atoms with Gasteiger partial charge in [-0.3, -0.25) is 4.72 Å². The summed E-state index contributed by atoms with van der Waals surface area (Å²) in [5.41, 5.74) is 1.77. The average molecular weight is 363 g/mol. The molecule has 0 saturated heterocycles. The largest absolute Gasteiger partial charge is 0.495 e. The third kappa shape index (κ3) is 5.68.